The van der Waals surface area contributed by atoms with Gasteiger partial charge in [-0.1, -0.05) is 0 Å². The topological polar surface area (TPSA) is 74.8 Å². The summed E-state index contributed by atoms with van der Waals surface area (Å²) in [6, 6.07) is 8.05. The summed E-state index contributed by atoms with van der Waals surface area (Å²) in [6.45, 7) is 0.970. The monoisotopic (exact) mass is 390 g/mol. The largest absolute Gasteiger partial charge is 0.274 e. The number of rotatable bonds is 4. The molecule has 2 aliphatic heterocycles. The van der Waals surface area contributed by atoms with Gasteiger partial charge in [-0.15, -0.1) is 0 Å². The standard InChI is InChI=1S/C18H18N2O4S2/c21-17-5-6-18(22)20(17)15-1-3-16(4-2-15)26(23,24)19-9-7-13(11-19)14-8-10-25-12-14/h1-4,8,10,12-13H,5-7,9,11H2. The van der Waals surface area contributed by atoms with E-state index in [4.69, 9.17) is 0 Å². The highest BCUT2D eigenvalue weighted by atomic mass is 32.2. The van der Waals surface area contributed by atoms with Gasteiger partial charge in [0, 0.05) is 25.9 Å². The molecule has 0 aliphatic carbocycles. The van der Waals surface area contributed by atoms with Crippen molar-refractivity contribution in [2.45, 2.75) is 30.1 Å². The molecule has 2 aromatic rings. The Morgan fingerprint density at radius 3 is 2.31 bits per heavy atom. The summed E-state index contributed by atoms with van der Waals surface area (Å²) in [5.74, 6) is -0.261. The van der Waals surface area contributed by atoms with Crippen molar-refractivity contribution in [3.05, 3.63) is 46.7 Å². The molecule has 0 saturated carbocycles. The summed E-state index contributed by atoms with van der Waals surface area (Å²) in [5, 5.41) is 4.08. The Morgan fingerprint density at radius 2 is 1.69 bits per heavy atom. The Hall–Kier alpha value is -2.03. The summed E-state index contributed by atoms with van der Waals surface area (Å²) in [5.41, 5.74) is 1.61. The van der Waals surface area contributed by atoms with Crippen LogP contribution in [-0.4, -0.2) is 37.6 Å². The molecule has 8 heteroatoms. The van der Waals surface area contributed by atoms with Crippen molar-refractivity contribution in [2.75, 3.05) is 18.0 Å². The van der Waals surface area contributed by atoms with Crippen LogP contribution in [-0.2, 0) is 19.6 Å². The molecule has 1 unspecified atom stereocenters. The Morgan fingerprint density at radius 1 is 1.00 bits per heavy atom. The average molecular weight is 390 g/mol. The van der Waals surface area contributed by atoms with E-state index in [2.05, 4.69) is 5.38 Å². The van der Waals surface area contributed by atoms with Gasteiger partial charge in [-0.25, -0.2) is 8.42 Å². The molecule has 0 radical (unpaired) electrons. The molecule has 2 saturated heterocycles. The van der Waals surface area contributed by atoms with Crippen LogP contribution in [0.3, 0.4) is 0 Å². The third-order valence-corrected chi connectivity index (χ3v) is 7.53. The van der Waals surface area contributed by atoms with Crippen molar-refractivity contribution in [2.24, 2.45) is 0 Å². The lowest BCUT2D eigenvalue weighted by molar-refractivity contribution is -0.121. The number of sulfonamides is 1. The first-order valence-corrected chi connectivity index (χ1v) is 10.8. The van der Waals surface area contributed by atoms with Crippen LogP contribution in [0.4, 0.5) is 5.69 Å². The first kappa shape index (κ1) is 17.4. The number of benzene rings is 1. The molecule has 1 aromatic carbocycles. The third-order valence-electron chi connectivity index (χ3n) is 4.95. The first-order valence-electron chi connectivity index (χ1n) is 8.45. The molecule has 26 heavy (non-hydrogen) atoms. The van der Waals surface area contributed by atoms with Crippen LogP contribution in [0.1, 0.15) is 30.7 Å². The van der Waals surface area contributed by atoms with E-state index in [0.717, 1.165) is 11.3 Å². The van der Waals surface area contributed by atoms with Gasteiger partial charge >= 0.3 is 0 Å². The highest BCUT2D eigenvalue weighted by Gasteiger charge is 2.34. The molecule has 0 spiro atoms. The van der Waals surface area contributed by atoms with Crippen LogP contribution in [0.2, 0.25) is 0 Å². The summed E-state index contributed by atoms with van der Waals surface area (Å²) >= 11 is 1.62. The normalized spacial score (nSPS) is 21.7. The average Bonchev–Trinajstić information content (AvgIpc) is 3.36. The quantitative estimate of drug-likeness (QED) is 0.752. The Kier molecular flexibility index (Phi) is 4.42. The second kappa shape index (κ2) is 6.61. The van der Waals surface area contributed by atoms with Crippen molar-refractivity contribution in [3.63, 3.8) is 0 Å². The maximum absolute atomic E-state index is 12.9. The number of carbonyl (C=O) groups excluding carboxylic acids is 2. The smallest absolute Gasteiger partial charge is 0.243 e. The zero-order chi connectivity index (χ0) is 18.3. The van der Waals surface area contributed by atoms with E-state index in [-0.39, 0.29) is 35.5 Å². The molecule has 2 amide bonds. The van der Waals surface area contributed by atoms with Crippen molar-refractivity contribution >= 4 is 38.9 Å². The Balaban J connectivity index is 1.53. The van der Waals surface area contributed by atoms with Crippen LogP contribution in [0.25, 0.3) is 0 Å². The van der Waals surface area contributed by atoms with Crippen molar-refractivity contribution in [3.8, 4) is 0 Å². The predicted octanol–water partition coefficient (Wildman–Crippen LogP) is 2.58. The summed E-state index contributed by atoms with van der Waals surface area (Å²) < 4.78 is 27.3. The van der Waals surface area contributed by atoms with Gasteiger partial charge < -0.3 is 0 Å². The van der Waals surface area contributed by atoms with Crippen LogP contribution < -0.4 is 4.90 Å². The fourth-order valence-electron chi connectivity index (χ4n) is 3.51. The van der Waals surface area contributed by atoms with E-state index in [0.29, 0.717) is 18.8 Å². The highest BCUT2D eigenvalue weighted by molar-refractivity contribution is 7.89. The number of imide groups is 1. The van der Waals surface area contributed by atoms with E-state index in [1.807, 2.05) is 11.4 Å². The maximum Gasteiger partial charge on any atom is 0.243 e. The minimum atomic E-state index is -3.58. The molecule has 0 bridgehead atoms. The fraction of sp³-hybridized carbons (Fsp3) is 0.333. The van der Waals surface area contributed by atoms with Gasteiger partial charge in [0.05, 0.1) is 10.6 Å². The molecule has 3 heterocycles. The zero-order valence-electron chi connectivity index (χ0n) is 14.0. The van der Waals surface area contributed by atoms with E-state index in [9.17, 15) is 18.0 Å². The van der Waals surface area contributed by atoms with E-state index >= 15 is 0 Å². The number of amides is 2. The Labute approximate surface area is 156 Å². The maximum atomic E-state index is 12.9. The van der Waals surface area contributed by atoms with Gasteiger partial charge in [0.2, 0.25) is 21.8 Å². The van der Waals surface area contributed by atoms with Gasteiger partial charge in [-0.05, 0) is 59.0 Å². The predicted molar refractivity (Wildman–Crippen MR) is 98.6 cm³/mol. The Bertz CT molecular complexity index is 920. The van der Waals surface area contributed by atoms with Gasteiger partial charge in [0.15, 0.2) is 0 Å². The second-order valence-corrected chi connectivity index (χ2v) is 9.24. The zero-order valence-corrected chi connectivity index (χ0v) is 15.6. The fourth-order valence-corrected chi connectivity index (χ4v) is 5.75. The van der Waals surface area contributed by atoms with Gasteiger partial charge in [0.25, 0.3) is 0 Å². The number of carbonyl (C=O) groups is 2. The molecule has 0 N–H and O–H groups in total. The first-order chi connectivity index (χ1) is 12.5. The lowest BCUT2D eigenvalue weighted by atomic mass is 10.0. The molecule has 1 atom stereocenters. The molecule has 1 aromatic heterocycles. The molecular formula is C18H18N2O4S2. The minimum Gasteiger partial charge on any atom is -0.274 e. The summed E-state index contributed by atoms with van der Waals surface area (Å²) in [6.07, 6.45) is 1.22. The second-order valence-electron chi connectivity index (χ2n) is 6.52. The molecular weight excluding hydrogens is 372 g/mol. The number of hydrogen-bond donors (Lipinski definition) is 0. The summed E-state index contributed by atoms with van der Waals surface area (Å²) in [4.78, 5) is 24.9. The molecule has 4 rings (SSSR count). The highest BCUT2D eigenvalue weighted by Crippen LogP contribution is 2.32. The van der Waals surface area contributed by atoms with Gasteiger partial charge in [0.1, 0.15) is 0 Å². The lowest BCUT2D eigenvalue weighted by Crippen LogP contribution is -2.30. The number of anilines is 1. The molecule has 2 aliphatic rings. The van der Waals surface area contributed by atoms with Gasteiger partial charge in [-0.3, -0.25) is 14.5 Å². The van der Waals surface area contributed by atoms with Gasteiger partial charge in [-0.2, -0.15) is 15.6 Å². The molecule has 6 nitrogen and oxygen atoms in total. The van der Waals surface area contributed by atoms with E-state index < -0.39 is 10.0 Å². The van der Waals surface area contributed by atoms with Crippen molar-refractivity contribution in [1.29, 1.82) is 0 Å². The molecule has 2 fully saturated rings. The molecule has 136 valence electrons. The van der Waals surface area contributed by atoms with Crippen molar-refractivity contribution < 1.29 is 18.0 Å². The lowest BCUT2D eigenvalue weighted by Gasteiger charge is -2.18. The van der Waals surface area contributed by atoms with Crippen LogP contribution in [0, 0.1) is 0 Å². The summed E-state index contributed by atoms with van der Waals surface area (Å²) in [7, 11) is -3.58. The van der Waals surface area contributed by atoms with Crippen LogP contribution in [0.15, 0.2) is 46.0 Å². The number of thiophene rings is 1. The van der Waals surface area contributed by atoms with Crippen molar-refractivity contribution in [1.82, 2.24) is 4.31 Å². The van der Waals surface area contributed by atoms with Crippen LogP contribution in [0.5, 0.6) is 0 Å². The van der Waals surface area contributed by atoms with E-state index in [1.54, 1.807) is 11.3 Å². The number of nitrogens with zero attached hydrogens (tertiary/aromatic N) is 2. The SMILES string of the molecule is O=C1CCC(=O)N1c1ccc(S(=O)(=O)N2CCC(c3ccsc3)C2)cc1. The van der Waals surface area contributed by atoms with E-state index in [1.165, 1.54) is 34.1 Å². The third kappa shape index (κ3) is 2.98. The minimum absolute atomic E-state index is 0.186. The number of hydrogen-bond acceptors (Lipinski definition) is 5. The van der Waals surface area contributed by atoms with Crippen LogP contribution >= 0.6 is 11.3 Å².